The third-order valence-electron chi connectivity index (χ3n) is 1.93. The molecule has 0 spiro atoms. The molecule has 0 saturated carbocycles. The first-order valence-electron chi connectivity index (χ1n) is 4.38. The van der Waals surface area contributed by atoms with Crippen LogP contribution >= 0.6 is 11.8 Å². The third-order valence-corrected chi connectivity index (χ3v) is 2.94. The Hall–Kier alpha value is -1.30. The molecule has 1 fully saturated rings. The summed E-state index contributed by atoms with van der Waals surface area (Å²) in [5.41, 5.74) is -0.0350. The first kappa shape index (κ1) is 11.8. The standard InChI is InChI=1S/C9H11NO4S/c1-5(4-7(11)12)8(13)10-6-2-3-15-9(6)14/h6H,1-4H2,(H,10,13)(H,11,12). The fourth-order valence-corrected chi connectivity index (χ4v) is 2.08. The Morgan fingerprint density at radius 1 is 1.60 bits per heavy atom. The lowest BCUT2D eigenvalue weighted by Crippen LogP contribution is -2.38. The van der Waals surface area contributed by atoms with E-state index in [1.807, 2.05) is 0 Å². The molecule has 15 heavy (non-hydrogen) atoms. The number of aliphatic carboxylic acids is 1. The molecule has 0 aromatic carbocycles. The maximum atomic E-state index is 11.3. The summed E-state index contributed by atoms with van der Waals surface area (Å²) in [5, 5.41) is 10.8. The van der Waals surface area contributed by atoms with Crippen molar-refractivity contribution in [2.75, 3.05) is 5.75 Å². The van der Waals surface area contributed by atoms with Gasteiger partial charge in [-0.1, -0.05) is 18.3 Å². The summed E-state index contributed by atoms with van der Waals surface area (Å²) in [7, 11) is 0. The van der Waals surface area contributed by atoms with Crippen molar-refractivity contribution in [2.45, 2.75) is 18.9 Å². The molecule has 5 nitrogen and oxygen atoms in total. The lowest BCUT2D eigenvalue weighted by Gasteiger charge is -2.10. The quantitative estimate of drug-likeness (QED) is 0.671. The van der Waals surface area contributed by atoms with Crippen molar-refractivity contribution < 1.29 is 19.5 Å². The summed E-state index contributed by atoms with van der Waals surface area (Å²) in [4.78, 5) is 32.8. The van der Waals surface area contributed by atoms with Gasteiger partial charge in [0, 0.05) is 11.3 Å². The number of hydrogen-bond acceptors (Lipinski definition) is 4. The smallest absolute Gasteiger partial charge is 0.308 e. The number of carbonyl (C=O) groups excluding carboxylic acids is 2. The van der Waals surface area contributed by atoms with E-state index in [0.29, 0.717) is 12.2 Å². The van der Waals surface area contributed by atoms with E-state index in [2.05, 4.69) is 11.9 Å². The Balaban J connectivity index is 2.44. The largest absolute Gasteiger partial charge is 0.481 e. The van der Waals surface area contributed by atoms with Gasteiger partial charge in [0.2, 0.25) is 11.0 Å². The molecule has 1 unspecified atom stereocenters. The second-order valence-corrected chi connectivity index (χ2v) is 4.26. The summed E-state index contributed by atoms with van der Waals surface area (Å²) in [6.45, 7) is 3.35. The Morgan fingerprint density at radius 3 is 2.73 bits per heavy atom. The van der Waals surface area contributed by atoms with Gasteiger partial charge >= 0.3 is 5.97 Å². The lowest BCUT2D eigenvalue weighted by molar-refractivity contribution is -0.137. The molecule has 0 bridgehead atoms. The van der Waals surface area contributed by atoms with Crippen LogP contribution in [0.25, 0.3) is 0 Å². The second kappa shape index (κ2) is 4.97. The Bertz CT molecular complexity index is 326. The van der Waals surface area contributed by atoms with E-state index in [1.54, 1.807) is 0 Å². The van der Waals surface area contributed by atoms with E-state index in [0.717, 1.165) is 0 Å². The predicted molar refractivity (Wildman–Crippen MR) is 55.4 cm³/mol. The average Bonchev–Trinajstić information content (AvgIpc) is 2.50. The lowest BCUT2D eigenvalue weighted by atomic mass is 10.2. The molecule has 1 saturated heterocycles. The van der Waals surface area contributed by atoms with Crippen LogP contribution in [0.3, 0.4) is 0 Å². The SMILES string of the molecule is C=C(CC(=O)O)C(=O)NC1CCSC1=O. The highest BCUT2D eigenvalue weighted by molar-refractivity contribution is 8.14. The molecule has 1 rings (SSSR count). The number of hydrogen-bond donors (Lipinski definition) is 2. The minimum atomic E-state index is -1.11. The van der Waals surface area contributed by atoms with Gasteiger partial charge in [0.05, 0.1) is 12.5 Å². The van der Waals surface area contributed by atoms with Crippen LogP contribution in [0.1, 0.15) is 12.8 Å². The van der Waals surface area contributed by atoms with E-state index < -0.39 is 24.3 Å². The van der Waals surface area contributed by atoms with Crippen LogP contribution in [-0.2, 0) is 14.4 Å². The average molecular weight is 229 g/mol. The minimum absolute atomic E-state index is 0.0350. The number of thioether (sulfide) groups is 1. The predicted octanol–water partition coefficient (Wildman–Crippen LogP) is 0.166. The second-order valence-electron chi connectivity index (χ2n) is 3.16. The van der Waals surface area contributed by atoms with Crippen molar-refractivity contribution in [3.63, 3.8) is 0 Å². The fourth-order valence-electron chi connectivity index (χ4n) is 1.15. The highest BCUT2D eigenvalue weighted by atomic mass is 32.2. The third kappa shape index (κ3) is 3.39. The highest BCUT2D eigenvalue weighted by Crippen LogP contribution is 2.19. The van der Waals surface area contributed by atoms with Crippen LogP contribution in [0.4, 0.5) is 0 Å². The molecule has 0 radical (unpaired) electrons. The molecule has 1 aliphatic rings. The number of carboxylic acids is 1. The number of nitrogens with one attached hydrogen (secondary N) is 1. The van der Waals surface area contributed by atoms with Crippen molar-refractivity contribution in [3.8, 4) is 0 Å². The van der Waals surface area contributed by atoms with E-state index >= 15 is 0 Å². The number of rotatable bonds is 4. The maximum Gasteiger partial charge on any atom is 0.308 e. The first-order chi connectivity index (χ1) is 7.00. The Kier molecular flexibility index (Phi) is 3.90. The molecular weight excluding hydrogens is 218 g/mol. The van der Waals surface area contributed by atoms with E-state index in [-0.39, 0.29) is 10.7 Å². The zero-order valence-corrected chi connectivity index (χ0v) is 8.80. The van der Waals surface area contributed by atoms with Gasteiger partial charge in [-0.15, -0.1) is 0 Å². The van der Waals surface area contributed by atoms with Crippen molar-refractivity contribution in [1.29, 1.82) is 0 Å². The maximum absolute atomic E-state index is 11.3. The zero-order chi connectivity index (χ0) is 11.4. The topological polar surface area (TPSA) is 83.5 Å². The van der Waals surface area contributed by atoms with Crippen LogP contribution in [0.5, 0.6) is 0 Å². The van der Waals surface area contributed by atoms with E-state index in [1.165, 1.54) is 11.8 Å². The molecule has 1 aliphatic heterocycles. The van der Waals surface area contributed by atoms with E-state index in [4.69, 9.17) is 5.11 Å². The van der Waals surface area contributed by atoms with Gasteiger partial charge in [0.15, 0.2) is 0 Å². The number of carboxylic acid groups (broad SMARTS) is 1. The van der Waals surface area contributed by atoms with Crippen LogP contribution in [-0.4, -0.2) is 33.9 Å². The summed E-state index contributed by atoms with van der Waals surface area (Å²) >= 11 is 1.17. The highest BCUT2D eigenvalue weighted by Gasteiger charge is 2.27. The molecule has 2 N–H and O–H groups in total. The minimum Gasteiger partial charge on any atom is -0.481 e. The molecule has 1 heterocycles. The molecule has 0 aromatic heterocycles. The summed E-state index contributed by atoms with van der Waals surface area (Å²) in [6.07, 6.45) is 0.190. The van der Waals surface area contributed by atoms with Crippen LogP contribution in [0, 0.1) is 0 Å². The number of amides is 1. The zero-order valence-electron chi connectivity index (χ0n) is 7.99. The molecule has 0 aliphatic carbocycles. The van der Waals surface area contributed by atoms with E-state index in [9.17, 15) is 14.4 Å². The molecule has 1 amide bonds. The molecule has 0 aromatic rings. The van der Waals surface area contributed by atoms with Crippen molar-refractivity contribution in [1.82, 2.24) is 5.32 Å². The summed E-state index contributed by atoms with van der Waals surface area (Å²) in [6, 6.07) is -0.493. The molecular formula is C9H11NO4S. The van der Waals surface area contributed by atoms with Gasteiger partial charge in [0.25, 0.3) is 0 Å². The van der Waals surface area contributed by atoms with Crippen LogP contribution < -0.4 is 5.32 Å². The van der Waals surface area contributed by atoms with Gasteiger partial charge in [-0.3, -0.25) is 14.4 Å². The normalized spacial score (nSPS) is 20.0. The summed E-state index contributed by atoms with van der Waals surface area (Å²) in [5.74, 6) is -0.977. The van der Waals surface area contributed by atoms with Crippen molar-refractivity contribution in [2.24, 2.45) is 0 Å². The first-order valence-corrected chi connectivity index (χ1v) is 5.36. The van der Waals surface area contributed by atoms with Gasteiger partial charge in [-0.2, -0.15) is 0 Å². The summed E-state index contributed by atoms with van der Waals surface area (Å²) < 4.78 is 0. The Morgan fingerprint density at radius 2 is 2.27 bits per heavy atom. The van der Waals surface area contributed by atoms with Gasteiger partial charge in [0.1, 0.15) is 0 Å². The molecule has 82 valence electrons. The fraction of sp³-hybridized carbons (Fsp3) is 0.444. The monoisotopic (exact) mass is 229 g/mol. The Labute approximate surface area is 90.9 Å². The van der Waals surface area contributed by atoms with Crippen molar-refractivity contribution >= 4 is 28.8 Å². The van der Waals surface area contributed by atoms with Gasteiger partial charge < -0.3 is 10.4 Å². The van der Waals surface area contributed by atoms with Gasteiger partial charge in [-0.25, -0.2) is 0 Å². The van der Waals surface area contributed by atoms with Crippen molar-refractivity contribution in [3.05, 3.63) is 12.2 Å². The molecule has 6 heteroatoms. The molecule has 1 atom stereocenters. The van der Waals surface area contributed by atoms with Crippen LogP contribution in [0.15, 0.2) is 12.2 Å². The van der Waals surface area contributed by atoms with Gasteiger partial charge in [-0.05, 0) is 6.42 Å². The van der Waals surface area contributed by atoms with Crippen LogP contribution in [0.2, 0.25) is 0 Å². The number of carbonyl (C=O) groups is 3.